The lowest BCUT2D eigenvalue weighted by molar-refractivity contribution is 0.897. The van der Waals surface area contributed by atoms with Gasteiger partial charge in [-0.1, -0.05) is 72.8 Å². The molecule has 0 aliphatic rings. The summed E-state index contributed by atoms with van der Waals surface area (Å²) >= 11 is 0. The summed E-state index contributed by atoms with van der Waals surface area (Å²) < 4.78 is 1.35. The Bertz CT molecular complexity index is 1330. The molecule has 136 valence electrons. The fourth-order valence-corrected chi connectivity index (χ4v) is 3.34. The van der Waals surface area contributed by atoms with Crippen molar-refractivity contribution in [3.05, 3.63) is 94.8 Å². The topological polar surface area (TPSA) is 75.1 Å². The lowest BCUT2D eigenvalue weighted by Gasteiger charge is -2.07. The second kappa shape index (κ2) is 6.66. The van der Waals surface area contributed by atoms with Crippen molar-refractivity contribution in [2.75, 3.05) is 5.32 Å². The lowest BCUT2D eigenvalue weighted by Crippen LogP contribution is -2.14. The maximum atomic E-state index is 12.5. The van der Waals surface area contributed by atoms with Gasteiger partial charge in [-0.25, -0.2) is 4.98 Å². The van der Waals surface area contributed by atoms with Crippen LogP contribution in [0.3, 0.4) is 0 Å². The molecule has 0 radical (unpaired) electrons. The van der Waals surface area contributed by atoms with E-state index < -0.39 is 0 Å². The van der Waals surface area contributed by atoms with Gasteiger partial charge in [0.2, 0.25) is 5.95 Å². The Morgan fingerprint density at radius 3 is 2.57 bits per heavy atom. The van der Waals surface area contributed by atoms with Crippen LogP contribution >= 0.6 is 0 Å². The lowest BCUT2D eigenvalue weighted by atomic mass is 10.0. The first-order valence-corrected chi connectivity index (χ1v) is 9.04. The minimum atomic E-state index is -0.199. The predicted molar refractivity (Wildman–Crippen MR) is 110 cm³/mol. The van der Waals surface area contributed by atoms with E-state index >= 15 is 0 Å². The summed E-state index contributed by atoms with van der Waals surface area (Å²) in [5.41, 5.74) is 2.45. The number of nitrogens with zero attached hydrogens (tertiary/aromatic N) is 3. The number of nitrogens with one attached hydrogen (secondary N) is 2. The van der Waals surface area contributed by atoms with Crippen LogP contribution in [0.25, 0.3) is 27.8 Å². The molecule has 5 rings (SSSR count). The van der Waals surface area contributed by atoms with Crippen LogP contribution in [0.4, 0.5) is 5.95 Å². The number of aromatic nitrogens is 4. The van der Waals surface area contributed by atoms with Crippen molar-refractivity contribution in [3.8, 4) is 11.3 Å². The number of anilines is 1. The number of fused-ring (bicyclic) bond motifs is 2. The quantitative estimate of drug-likeness (QED) is 0.506. The zero-order valence-electron chi connectivity index (χ0n) is 15.0. The molecule has 0 atom stereocenters. The van der Waals surface area contributed by atoms with E-state index in [0.29, 0.717) is 24.0 Å². The van der Waals surface area contributed by atoms with E-state index in [1.54, 1.807) is 0 Å². The molecule has 0 saturated heterocycles. The Labute approximate surface area is 160 Å². The summed E-state index contributed by atoms with van der Waals surface area (Å²) in [6.07, 6.45) is 0. The van der Waals surface area contributed by atoms with Gasteiger partial charge < -0.3 is 5.32 Å². The minimum Gasteiger partial charge on any atom is -0.350 e. The predicted octanol–water partition coefficient (Wildman–Crippen LogP) is 3.85. The molecule has 6 nitrogen and oxygen atoms in total. The second-order valence-electron chi connectivity index (χ2n) is 6.55. The third-order valence-corrected chi connectivity index (χ3v) is 4.73. The third-order valence-electron chi connectivity index (χ3n) is 4.73. The van der Waals surface area contributed by atoms with E-state index in [4.69, 9.17) is 0 Å². The van der Waals surface area contributed by atoms with E-state index in [1.807, 2.05) is 48.5 Å². The number of benzene rings is 3. The van der Waals surface area contributed by atoms with Gasteiger partial charge in [0, 0.05) is 18.2 Å². The van der Waals surface area contributed by atoms with Crippen LogP contribution in [0.5, 0.6) is 0 Å². The molecular formula is C22H17N5O. The molecule has 2 heterocycles. The summed E-state index contributed by atoms with van der Waals surface area (Å²) in [5, 5.41) is 8.62. The van der Waals surface area contributed by atoms with Crippen LogP contribution in [0.2, 0.25) is 0 Å². The molecule has 3 aromatic carbocycles. The maximum Gasteiger partial charge on any atom is 0.274 e. The first-order chi connectivity index (χ1) is 13.8. The van der Waals surface area contributed by atoms with Crippen LogP contribution in [-0.2, 0) is 6.54 Å². The largest absolute Gasteiger partial charge is 0.350 e. The standard InChI is InChI=1S/C22H17N5O/c28-20-13-19(16-8-2-1-3-9-16)24-22-25-21(26-27(20)22)23-14-17-11-6-10-15-7-4-5-12-18(15)17/h1-13H,14H2,(H2,23,24,25,26). The Kier molecular flexibility index (Phi) is 3.87. The van der Waals surface area contributed by atoms with Gasteiger partial charge in [0.05, 0.1) is 5.69 Å². The normalized spacial score (nSPS) is 11.1. The third kappa shape index (κ3) is 2.91. The summed E-state index contributed by atoms with van der Waals surface area (Å²) in [7, 11) is 0. The fourth-order valence-electron chi connectivity index (χ4n) is 3.34. The van der Waals surface area contributed by atoms with Crippen LogP contribution in [0.1, 0.15) is 5.56 Å². The first-order valence-electron chi connectivity index (χ1n) is 9.04. The van der Waals surface area contributed by atoms with Gasteiger partial charge in [-0.2, -0.15) is 9.50 Å². The highest BCUT2D eigenvalue weighted by atomic mass is 16.1. The molecule has 2 aromatic heterocycles. The smallest absolute Gasteiger partial charge is 0.274 e. The highest BCUT2D eigenvalue weighted by Gasteiger charge is 2.09. The summed E-state index contributed by atoms with van der Waals surface area (Å²) in [5.74, 6) is 0.842. The molecule has 0 fully saturated rings. The molecule has 0 spiro atoms. The number of H-pyrrole nitrogens is 1. The number of aromatic amines is 1. The fraction of sp³-hybridized carbons (Fsp3) is 0.0455. The monoisotopic (exact) mass is 367 g/mol. The molecule has 0 saturated carbocycles. The molecule has 2 N–H and O–H groups in total. The highest BCUT2D eigenvalue weighted by molar-refractivity contribution is 5.85. The van der Waals surface area contributed by atoms with Gasteiger partial charge in [0.1, 0.15) is 0 Å². The Balaban J connectivity index is 1.47. The van der Waals surface area contributed by atoms with Gasteiger partial charge in [0.15, 0.2) is 0 Å². The molecule has 0 aliphatic carbocycles. The zero-order chi connectivity index (χ0) is 18.9. The molecule has 6 heteroatoms. The molecule has 0 amide bonds. The van der Waals surface area contributed by atoms with E-state index in [-0.39, 0.29) is 5.56 Å². The Morgan fingerprint density at radius 1 is 0.893 bits per heavy atom. The number of hydrogen-bond donors (Lipinski definition) is 2. The molecule has 5 aromatic rings. The van der Waals surface area contributed by atoms with Crippen molar-refractivity contribution in [2.45, 2.75) is 6.54 Å². The van der Waals surface area contributed by atoms with Crippen molar-refractivity contribution >= 4 is 22.5 Å². The second-order valence-corrected chi connectivity index (χ2v) is 6.55. The van der Waals surface area contributed by atoms with E-state index in [9.17, 15) is 4.79 Å². The highest BCUT2D eigenvalue weighted by Crippen LogP contribution is 2.19. The van der Waals surface area contributed by atoms with Crippen LogP contribution in [-0.4, -0.2) is 19.6 Å². The molecule has 0 bridgehead atoms. The first kappa shape index (κ1) is 16.3. The van der Waals surface area contributed by atoms with Gasteiger partial charge in [-0.3, -0.25) is 9.89 Å². The van der Waals surface area contributed by atoms with Crippen molar-refractivity contribution < 1.29 is 0 Å². The van der Waals surface area contributed by atoms with Crippen molar-refractivity contribution in [2.24, 2.45) is 0 Å². The molecule has 0 aliphatic heterocycles. The Hall–Kier alpha value is -3.93. The summed E-state index contributed by atoms with van der Waals surface area (Å²) in [6, 6.07) is 25.6. The molecular weight excluding hydrogens is 350 g/mol. The summed E-state index contributed by atoms with van der Waals surface area (Å²) in [6.45, 7) is 0.585. The molecule has 0 unspecified atom stereocenters. The van der Waals surface area contributed by atoms with Crippen molar-refractivity contribution in [3.63, 3.8) is 0 Å². The van der Waals surface area contributed by atoms with Gasteiger partial charge in [0.25, 0.3) is 11.3 Å². The van der Waals surface area contributed by atoms with E-state index in [1.165, 1.54) is 21.4 Å². The summed E-state index contributed by atoms with van der Waals surface area (Å²) in [4.78, 5) is 21.4. The Morgan fingerprint density at radius 2 is 1.68 bits per heavy atom. The van der Waals surface area contributed by atoms with Gasteiger partial charge in [-0.15, -0.1) is 0 Å². The van der Waals surface area contributed by atoms with Crippen LogP contribution < -0.4 is 10.9 Å². The zero-order valence-corrected chi connectivity index (χ0v) is 15.0. The van der Waals surface area contributed by atoms with E-state index in [2.05, 4.69) is 44.6 Å². The average Bonchev–Trinajstić information content (AvgIpc) is 3.16. The van der Waals surface area contributed by atoms with Crippen molar-refractivity contribution in [1.82, 2.24) is 19.6 Å². The van der Waals surface area contributed by atoms with Gasteiger partial charge in [-0.05, 0) is 16.3 Å². The van der Waals surface area contributed by atoms with Gasteiger partial charge >= 0.3 is 0 Å². The van der Waals surface area contributed by atoms with E-state index in [0.717, 1.165) is 11.1 Å². The SMILES string of the molecule is O=c1cc(-c2ccccc2)nc2nc(NCc3cccc4ccccc34)[nH]n12. The molecule has 28 heavy (non-hydrogen) atoms. The number of hydrogen-bond acceptors (Lipinski definition) is 4. The number of rotatable bonds is 4. The maximum absolute atomic E-state index is 12.5. The average molecular weight is 367 g/mol. The van der Waals surface area contributed by atoms with Crippen LogP contribution in [0.15, 0.2) is 83.7 Å². The van der Waals surface area contributed by atoms with Crippen LogP contribution in [0, 0.1) is 0 Å². The minimum absolute atomic E-state index is 0.199. The van der Waals surface area contributed by atoms with Crippen molar-refractivity contribution in [1.29, 1.82) is 0 Å².